The summed E-state index contributed by atoms with van der Waals surface area (Å²) in [5.74, 6) is -0.710. The average Bonchev–Trinajstić information content (AvgIpc) is 2.76. The summed E-state index contributed by atoms with van der Waals surface area (Å²) in [6.45, 7) is 9.26. The highest BCUT2D eigenvalue weighted by Crippen LogP contribution is 2.68. The van der Waals surface area contributed by atoms with Crippen LogP contribution in [-0.4, -0.2) is 22.5 Å². The molecule has 0 atom stereocenters. The molecular weight excluding hydrogens is 272 g/mol. The van der Waals surface area contributed by atoms with Crippen LogP contribution in [0, 0.1) is 26.9 Å². The summed E-state index contributed by atoms with van der Waals surface area (Å²) in [5, 5.41) is 23.1. The minimum absolute atomic E-state index is 0.0393. The van der Waals surface area contributed by atoms with Crippen LogP contribution in [0.3, 0.4) is 0 Å². The molecule has 0 saturated heterocycles. The Kier molecular flexibility index (Phi) is 3.43. The number of anilines is 1. The molecule has 0 heterocycles. The number of nitrogens with one attached hydrogen (secondary N) is 1. The van der Waals surface area contributed by atoms with Gasteiger partial charge in [0.2, 0.25) is 0 Å². The number of carbonyl (C=O) groups is 1. The van der Waals surface area contributed by atoms with Crippen molar-refractivity contribution in [2.24, 2.45) is 16.7 Å². The number of hydrogen-bond donors (Lipinski definition) is 2. The van der Waals surface area contributed by atoms with E-state index < -0.39 is 10.9 Å². The molecule has 0 spiro atoms. The van der Waals surface area contributed by atoms with Crippen molar-refractivity contribution in [1.29, 1.82) is 0 Å². The predicted octanol–water partition coefficient (Wildman–Crippen LogP) is 3.39. The summed E-state index contributed by atoms with van der Waals surface area (Å²) in [6.07, 6.45) is 0. The molecule has 1 aliphatic carbocycles. The molecule has 0 amide bonds. The van der Waals surface area contributed by atoms with Gasteiger partial charge in [0.15, 0.2) is 0 Å². The Morgan fingerprint density at radius 3 is 2.33 bits per heavy atom. The van der Waals surface area contributed by atoms with Gasteiger partial charge in [-0.1, -0.05) is 27.7 Å². The minimum atomic E-state index is -1.10. The van der Waals surface area contributed by atoms with Gasteiger partial charge < -0.3 is 10.4 Å². The number of hydrogen-bond acceptors (Lipinski definition) is 4. The number of nitro groups is 1. The number of rotatable bonds is 5. The zero-order valence-corrected chi connectivity index (χ0v) is 12.6. The Bertz CT molecular complexity index is 594. The van der Waals surface area contributed by atoms with Crippen molar-refractivity contribution in [2.75, 3.05) is 11.9 Å². The number of aromatic carboxylic acids is 1. The standard InChI is InChI=1S/C15H20N2O4/c1-14(2)12(15(14,3)4)8-16-10-7-9(13(18)19)5-6-11(10)17(20)21/h5-7,12,16H,8H2,1-4H3,(H,18,19). The third-order valence-electron chi connectivity index (χ3n) is 5.26. The SMILES string of the molecule is CC1(C)C(CNc2cc(C(=O)O)ccc2[N+](=O)[O-])C1(C)C. The first-order chi connectivity index (χ1) is 9.59. The van der Waals surface area contributed by atoms with E-state index in [4.69, 9.17) is 5.11 Å². The van der Waals surface area contributed by atoms with E-state index in [1.807, 2.05) is 0 Å². The average molecular weight is 292 g/mol. The highest BCUT2D eigenvalue weighted by molar-refractivity contribution is 5.90. The van der Waals surface area contributed by atoms with E-state index in [0.717, 1.165) is 0 Å². The summed E-state index contributed by atoms with van der Waals surface area (Å²) < 4.78 is 0. The minimum Gasteiger partial charge on any atom is -0.478 e. The van der Waals surface area contributed by atoms with Crippen molar-refractivity contribution in [1.82, 2.24) is 0 Å². The Labute approximate surface area is 123 Å². The Hall–Kier alpha value is -2.11. The van der Waals surface area contributed by atoms with Crippen LogP contribution >= 0.6 is 0 Å². The van der Waals surface area contributed by atoms with Gasteiger partial charge in [-0.3, -0.25) is 10.1 Å². The first kappa shape index (κ1) is 15.3. The van der Waals surface area contributed by atoms with E-state index in [2.05, 4.69) is 33.0 Å². The third-order valence-corrected chi connectivity index (χ3v) is 5.26. The molecule has 1 aromatic carbocycles. The van der Waals surface area contributed by atoms with E-state index in [1.54, 1.807) is 0 Å². The van der Waals surface area contributed by atoms with Crippen LogP contribution in [-0.2, 0) is 0 Å². The predicted molar refractivity (Wildman–Crippen MR) is 79.6 cm³/mol. The summed E-state index contributed by atoms with van der Waals surface area (Å²) in [5.41, 5.74) is 0.533. The zero-order chi connectivity index (χ0) is 16.0. The summed E-state index contributed by atoms with van der Waals surface area (Å²) >= 11 is 0. The lowest BCUT2D eigenvalue weighted by molar-refractivity contribution is -0.384. The lowest BCUT2D eigenvalue weighted by Gasteiger charge is -2.09. The van der Waals surface area contributed by atoms with Gasteiger partial charge in [0.05, 0.1) is 10.5 Å². The van der Waals surface area contributed by atoms with E-state index in [9.17, 15) is 14.9 Å². The van der Waals surface area contributed by atoms with Crippen molar-refractivity contribution in [3.8, 4) is 0 Å². The lowest BCUT2D eigenvalue weighted by Crippen LogP contribution is -2.10. The molecule has 0 radical (unpaired) electrons. The second kappa shape index (κ2) is 4.72. The summed E-state index contributed by atoms with van der Waals surface area (Å²) in [4.78, 5) is 21.5. The number of benzene rings is 1. The monoisotopic (exact) mass is 292 g/mol. The van der Waals surface area contributed by atoms with Crippen LogP contribution in [0.1, 0.15) is 38.1 Å². The lowest BCUT2D eigenvalue weighted by atomic mass is 10.0. The summed E-state index contributed by atoms with van der Waals surface area (Å²) in [6, 6.07) is 3.80. The Balaban J connectivity index is 2.21. The fourth-order valence-electron chi connectivity index (χ4n) is 3.03. The topological polar surface area (TPSA) is 92.5 Å². The fourth-order valence-corrected chi connectivity index (χ4v) is 3.03. The largest absolute Gasteiger partial charge is 0.478 e. The van der Waals surface area contributed by atoms with Crippen molar-refractivity contribution in [3.63, 3.8) is 0 Å². The van der Waals surface area contributed by atoms with Crippen molar-refractivity contribution in [3.05, 3.63) is 33.9 Å². The van der Waals surface area contributed by atoms with Gasteiger partial charge in [-0.05, 0) is 28.9 Å². The first-order valence-electron chi connectivity index (χ1n) is 6.84. The maximum absolute atomic E-state index is 11.0. The van der Waals surface area contributed by atoms with E-state index in [1.165, 1.54) is 18.2 Å². The van der Waals surface area contributed by atoms with Crippen LogP contribution < -0.4 is 5.32 Å². The molecule has 1 fully saturated rings. The molecule has 1 aliphatic rings. The van der Waals surface area contributed by atoms with Gasteiger partial charge in [-0.15, -0.1) is 0 Å². The molecule has 2 rings (SSSR count). The van der Waals surface area contributed by atoms with E-state index >= 15 is 0 Å². The van der Waals surface area contributed by atoms with Gasteiger partial charge >= 0.3 is 5.97 Å². The molecule has 21 heavy (non-hydrogen) atoms. The van der Waals surface area contributed by atoms with Crippen LogP contribution in [0.15, 0.2) is 18.2 Å². The van der Waals surface area contributed by atoms with Gasteiger partial charge in [-0.2, -0.15) is 0 Å². The fraction of sp³-hybridized carbons (Fsp3) is 0.533. The van der Waals surface area contributed by atoms with E-state index in [0.29, 0.717) is 12.5 Å². The highest BCUT2D eigenvalue weighted by Gasteiger charge is 2.64. The van der Waals surface area contributed by atoms with Gasteiger partial charge in [0.25, 0.3) is 5.69 Å². The van der Waals surface area contributed by atoms with Gasteiger partial charge in [-0.25, -0.2) is 4.79 Å². The molecule has 6 heteroatoms. The third kappa shape index (κ3) is 2.46. The molecule has 6 nitrogen and oxygen atoms in total. The Morgan fingerprint density at radius 1 is 1.33 bits per heavy atom. The maximum Gasteiger partial charge on any atom is 0.335 e. The number of carboxylic acids is 1. The molecule has 2 N–H and O–H groups in total. The van der Waals surface area contributed by atoms with Gasteiger partial charge in [0.1, 0.15) is 5.69 Å². The number of carboxylic acid groups (broad SMARTS) is 1. The zero-order valence-electron chi connectivity index (χ0n) is 12.6. The van der Waals surface area contributed by atoms with Crippen LogP contribution in [0.2, 0.25) is 0 Å². The number of nitro benzene ring substituents is 1. The van der Waals surface area contributed by atoms with Crippen molar-refractivity contribution in [2.45, 2.75) is 27.7 Å². The van der Waals surface area contributed by atoms with Crippen LogP contribution in [0.5, 0.6) is 0 Å². The van der Waals surface area contributed by atoms with Crippen molar-refractivity contribution >= 4 is 17.3 Å². The molecule has 0 aliphatic heterocycles. The molecule has 0 unspecified atom stereocenters. The Morgan fingerprint density at radius 2 is 1.90 bits per heavy atom. The molecule has 0 bridgehead atoms. The molecule has 114 valence electrons. The maximum atomic E-state index is 11.0. The van der Waals surface area contributed by atoms with Crippen LogP contribution in [0.25, 0.3) is 0 Å². The second-order valence-electron chi connectivity index (χ2n) is 6.67. The highest BCUT2D eigenvalue weighted by atomic mass is 16.6. The molecule has 1 aromatic rings. The molecular formula is C15H20N2O4. The first-order valence-corrected chi connectivity index (χ1v) is 6.84. The normalized spacial score (nSPS) is 19.0. The van der Waals surface area contributed by atoms with E-state index in [-0.39, 0.29) is 27.8 Å². The van der Waals surface area contributed by atoms with Crippen molar-refractivity contribution < 1.29 is 14.8 Å². The molecule has 1 saturated carbocycles. The second-order valence-corrected chi connectivity index (χ2v) is 6.67. The quantitative estimate of drug-likeness (QED) is 0.641. The smallest absolute Gasteiger partial charge is 0.335 e. The molecule has 0 aromatic heterocycles. The van der Waals surface area contributed by atoms with Crippen LogP contribution in [0.4, 0.5) is 11.4 Å². The van der Waals surface area contributed by atoms with Gasteiger partial charge in [0, 0.05) is 12.6 Å². The number of nitrogens with zero attached hydrogens (tertiary/aromatic N) is 1. The summed E-state index contributed by atoms with van der Waals surface area (Å²) in [7, 11) is 0.